The van der Waals surface area contributed by atoms with Gasteiger partial charge in [0.2, 0.25) is 15.9 Å². The van der Waals surface area contributed by atoms with Crippen LogP contribution in [0, 0.1) is 5.82 Å². The normalized spacial score (nSPS) is 17.2. The first-order valence-electron chi connectivity index (χ1n) is 6.65. The molecule has 2 rings (SSSR count). The summed E-state index contributed by atoms with van der Waals surface area (Å²) >= 11 is 0. The topological polar surface area (TPSA) is 92.5 Å². The maximum absolute atomic E-state index is 13.2. The van der Waals surface area contributed by atoms with E-state index >= 15 is 0 Å². The maximum Gasteiger partial charge on any atom is 0.243 e. The highest BCUT2D eigenvalue weighted by molar-refractivity contribution is 7.89. The number of likely N-dealkylation sites (tertiary alicyclic amines) is 1. The minimum absolute atomic E-state index is 0.0197. The number of rotatable bonds is 5. The lowest BCUT2D eigenvalue weighted by molar-refractivity contribution is -0.127. The summed E-state index contributed by atoms with van der Waals surface area (Å²) in [4.78, 5) is 12.8. The Hall–Kier alpha value is -1.67. The van der Waals surface area contributed by atoms with Crippen molar-refractivity contribution >= 4 is 21.6 Å². The molecule has 6 nitrogen and oxygen atoms in total. The lowest BCUT2D eigenvalue weighted by Gasteiger charge is -2.21. The van der Waals surface area contributed by atoms with Gasteiger partial charge in [-0.05, 0) is 31.5 Å². The lowest BCUT2D eigenvalue weighted by Crippen LogP contribution is -2.42. The van der Waals surface area contributed by atoms with Gasteiger partial charge in [0.1, 0.15) is 10.7 Å². The molecule has 0 aromatic heterocycles. The van der Waals surface area contributed by atoms with Crippen molar-refractivity contribution in [3.8, 4) is 0 Å². The second kappa shape index (κ2) is 5.98. The van der Waals surface area contributed by atoms with E-state index in [2.05, 4.69) is 4.72 Å². The monoisotopic (exact) mass is 315 g/mol. The van der Waals surface area contributed by atoms with Gasteiger partial charge in [-0.1, -0.05) is 0 Å². The Morgan fingerprint density at radius 1 is 1.48 bits per heavy atom. The average molecular weight is 315 g/mol. The van der Waals surface area contributed by atoms with E-state index in [4.69, 9.17) is 5.73 Å². The minimum Gasteiger partial charge on any atom is -0.398 e. The number of carbonyl (C=O) groups excluding carboxylic acids is 1. The van der Waals surface area contributed by atoms with E-state index < -0.39 is 21.9 Å². The van der Waals surface area contributed by atoms with Gasteiger partial charge >= 0.3 is 0 Å². The Morgan fingerprint density at radius 3 is 2.81 bits per heavy atom. The number of hydrogen-bond donors (Lipinski definition) is 2. The van der Waals surface area contributed by atoms with Crippen LogP contribution >= 0.6 is 0 Å². The van der Waals surface area contributed by atoms with Gasteiger partial charge in [-0.15, -0.1) is 0 Å². The summed E-state index contributed by atoms with van der Waals surface area (Å²) < 4.78 is 40.0. The third-order valence-corrected chi connectivity index (χ3v) is 4.93. The summed E-state index contributed by atoms with van der Waals surface area (Å²) in [5.74, 6) is -0.654. The Balaban J connectivity index is 2.09. The van der Waals surface area contributed by atoms with Crippen molar-refractivity contribution < 1.29 is 17.6 Å². The fraction of sp³-hybridized carbons (Fsp3) is 0.462. The van der Waals surface area contributed by atoms with Crippen LogP contribution in [0.3, 0.4) is 0 Å². The molecule has 1 atom stereocenters. The summed E-state index contributed by atoms with van der Waals surface area (Å²) in [6.45, 7) is 2.57. The first-order chi connectivity index (χ1) is 9.79. The summed E-state index contributed by atoms with van der Waals surface area (Å²) in [6, 6.07) is 2.70. The zero-order chi connectivity index (χ0) is 15.6. The summed E-state index contributed by atoms with van der Waals surface area (Å²) in [5, 5.41) is 0. The van der Waals surface area contributed by atoms with E-state index in [0.29, 0.717) is 13.0 Å². The molecule has 1 amide bonds. The molecule has 116 valence electrons. The molecule has 0 saturated carbocycles. The van der Waals surface area contributed by atoms with Crippen LogP contribution in [0.5, 0.6) is 0 Å². The molecular formula is C13H18FN3O3S. The summed E-state index contributed by atoms with van der Waals surface area (Å²) in [7, 11) is -3.92. The number of sulfonamides is 1. The van der Waals surface area contributed by atoms with Crippen LogP contribution in [0.15, 0.2) is 23.1 Å². The zero-order valence-corrected chi connectivity index (χ0v) is 12.5. The highest BCUT2D eigenvalue weighted by Gasteiger charge is 2.25. The molecule has 0 spiro atoms. The molecule has 1 aromatic rings. The van der Waals surface area contributed by atoms with Crippen molar-refractivity contribution in [2.24, 2.45) is 0 Å². The summed E-state index contributed by atoms with van der Waals surface area (Å²) in [5.41, 5.74) is 5.57. The molecule has 1 fully saturated rings. The van der Waals surface area contributed by atoms with E-state index in [9.17, 15) is 17.6 Å². The smallest absolute Gasteiger partial charge is 0.243 e. The van der Waals surface area contributed by atoms with E-state index in [1.54, 1.807) is 11.8 Å². The van der Waals surface area contributed by atoms with Gasteiger partial charge < -0.3 is 10.6 Å². The van der Waals surface area contributed by atoms with Gasteiger partial charge in [0, 0.05) is 25.6 Å². The number of benzene rings is 1. The molecule has 0 aliphatic carbocycles. The van der Waals surface area contributed by atoms with Crippen molar-refractivity contribution in [2.75, 3.05) is 18.8 Å². The predicted octanol–water partition coefficient (Wildman–Crippen LogP) is 0.697. The standard InChI is InChI=1S/C13H18FN3O3S/c1-9(8-17-6-2-3-13(17)18)16-21(19,20)12-7-10(14)4-5-11(12)15/h4-5,7,9,16H,2-3,6,8,15H2,1H3. The van der Waals surface area contributed by atoms with Crippen LogP contribution in [-0.2, 0) is 14.8 Å². The van der Waals surface area contributed by atoms with Gasteiger partial charge in [-0.3, -0.25) is 4.79 Å². The number of nitrogens with zero attached hydrogens (tertiary/aromatic N) is 1. The fourth-order valence-corrected chi connectivity index (χ4v) is 3.71. The minimum atomic E-state index is -3.92. The van der Waals surface area contributed by atoms with Gasteiger partial charge in [0.15, 0.2) is 0 Å². The van der Waals surface area contributed by atoms with E-state index in [1.165, 1.54) is 6.07 Å². The largest absolute Gasteiger partial charge is 0.398 e. The van der Waals surface area contributed by atoms with Crippen molar-refractivity contribution in [3.63, 3.8) is 0 Å². The third kappa shape index (κ3) is 3.70. The number of nitrogens with two attached hydrogens (primary N) is 1. The molecule has 8 heteroatoms. The SMILES string of the molecule is CC(CN1CCCC1=O)NS(=O)(=O)c1cc(F)ccc1N. The Labute approximate surface area is 123 Å². The first kappa shape index (κ1) is 15.7. The van der Waals surface area contributed by atoms with E-state index in [0.717, 1.165) is 18.6 Å². The molecule has 1 unspecified atom stereocenters. The molecule has 1 aliphatic rings. The van der Waals surface area contributed by atoms with Crippen molar-refractivity contribution in [2.45, 2.75) is 30.7 Å². The molecule has 1 heterocycles. The van der Waals surface area contributed by atoms with Crippen LogP contribution in [0.1, 0.15) is 19.8 Å². The Bertz CT molecular complexity index is 648. The van der Waals surface area contributed by atoms with E-state index in [-0.39, 0.29) is 23.0 Å². The van der Waals surface area contributed by atoms with Crippen molar-refractivity contribution in [3.05, 3.63) is 24.0 Å². The third-order valence-electron chi connectivity index (χ3n) is 3.29. The van der Waals surface area contributed by atoms with Crippen LogP contribution in [0.25, 0.3) is 0 Å². The molecule has 0 bridgehead atoms. The molecule has 1 aliphatic heterocycles. The number of amides is 1. The Morgan fingerprint density at radius 2 is 2.19 bits per heavy atom. The van der Waals surface area contributed by atoms with Gasteiger partial charge in [-0.25, -0.2) is 17.5 Å². The lowest BCUT2D eigenvalue weighted by atomic mass is 10.3. The predicted molar refractivity (Wildman–Crippen MR) is 76.4 cm³/mol. The van der Waals surface area contributed by atoms with Gasteiger partial charge in [0.25, 0.3) is 0 Å². The van der Waals surface area contributed by atoms with E-state index in [1.807, 2.05) is 0 Å². The number of anilines is 1. The van der Waals surface area contributed by atoms with Gasteiger partial charge in [0.05, 0.1) is 5.69 Å². The second-order valence-corrected chi connectivity index (χ2v) is 6.83. The number of nitrogens with one attached hydrogen (secondary N) is 1. The quantitative estimate of drug-likeness (QED) is 0.782. The molecule has 21 heavy (non-hydrogen) atoms. The Kier molecular flexibility index (Phi) is 4.48. The molecule has 0 radical (unpaired) electrons. The highest BCUT2D eigenvalue weighted by Crippen LogP contribution is 2.19. The van der Waals surface area contributed by atoms with Crippen LogP contribution in [-0.4, -0.2) is 38.4 Å². The van der Waals surface area contributed by atoms with Crippen LogP contribution in [0.2, 0.25) is 0 Å². The number of nitrogen functional groups attached to an aromatic ring is 1. The van der Waals surface area contributed by atoms with Gasteiger partial charge in [-0.2, -0.15) is 0 Å². The number of halogens is 1. The van der Waals surface area contributed by atoms with Crippen LogP contribution in [0.4, 0.5) is 10.1 Å². The second-order valence-electron chi connectivity index (χ2n) is 5.15. The maximum atomic E-state index is 13.2. The average Bonchev–Trinajstić information content (AvgIpc) is 2.77. The zero-order valence-electron chi connectivity index (χ0n) is 11.7. The molecule has 3 N–H and O–H groups in total. The number of carbonyl (C=O) groups is 1. The molecule has 1 aromatic carbocycles. The van der Waals surface area contributed by atoms with Crippen molar-refractivity contribution in [1.29, 1.82) is 0 Å². The first-order valence-corrected chi connectivity index (χ1v) is 8.13. The fourth-order valence-electron chi connectivity index (χ4n) is 2.33. The van der Waals surface area contributed by atoms with Crippen molar-refractivity contribution in [1.82, 2.24) is 9.62 Å². The molecular weight excluding hydrogens is 297 g/mol. The number of hydrogen-bond acceptors (Lipinski definition) is 4. The molecule has 1 saturated heterocycles. The van der Waals surface area contributed by atoms with Crippen LogP contribution < -0.4 is 10.5 Å². The summed E-state index contributed by atoms with van der Waals surface area (Å²) in [6.07, 6.45) is 1.28. The highest BCUT2D eigenvalue weighted by atomic mass is 32.2.